The Balaban J connectivity index is 2.33. The molecule has 0 atom stereocenters. The summed E-state index contributed by atoms with van der Waals surface area (Å²) in [5, 5.41) is 2.71. The van der Waals surface area contributed by atoms with Gasteiger partial charge in [-0.05, 0) is 42.5 Å². The second-order valence-electron chi connectivity index (χ2n) is 5.05. The number of amides is 1. The summed E-state index contributed by atoms with van der Waals surface area (Å²) in [5.74, 6) is 0.464. The minimum Gasteiger partial charge on any atom is -0.497 e. The van der Waals surface area contributed by atoms with Crippen LogP contribution in [-0.2, 0) is 10.0 Å². The summed E-state index contributed by atoms with van der Waals surface area (Å²) in [6, 6.07) is 10.9. The monoisotopic (exact) mass is 364 g/mol. The van der Waals surface area contributed by atoms with E-state index < -0.39 is 15.9 Å². The molecule has 0 fully saturated rings. The van der Waals surface area contributed by atoms with Crippen LogP contribution in [0.1, 0.15) is 17.3 Å². The Hall–Kier alpha value is -2.58. The van der Waals surface area contributed by atoms with Gasteiger partial charge in [-0.3, -0.25) is 4.79 Å². The first-order chi connectivity index (χ1) is 11.9. The summed E-state index contributed by atoms with van der Waals surface area (Å²) in [6.07, 6.45) is 0. The fourth-order valence-corrected chi connectivity index (χ4v) is 3.24. The predicted octanol–water partition coefficient (Wildman–Crippen LogP) is 2.25. The Labute approximate surface area is 147 Å². The van der Waals surface area contributed by atoms with Crippen molar-refractivity contribution in [2.75, 3.05) is 26.1 Å². The van der Waals surface area contributed by atoms with Gasteiger partial charge in [-0.25, -0.2) is 13.1 Å². The molecule has 0 bridgehead atoms. The molecule has 25 heavy (non-hydrogen) atoms. The summed E-state index contributed by atoms with van der Waals surface area (Å²) in [7, 11) is -0.710. The maximum absolute atomic E-state index is 12.5. The molecule has 7 nitrogen and oxygen atoms in total. The molecular formula is C17H20N2O5S. The predicted molar refractivity (Wildman–Crippen MR) is 94.8 cm³/mol. The van der Waals surface area contributed by atoms with Gasteiger partial charge in [0.25, 0.3) is 5.91 Å². The number of carbonyl (C=O) groups excluding carboxylic acids is 1. The van der Waals surface area contributed by atoms with Gasteiger partial charge in [0.05, 0.1) is 24.7 Å². The molecule has 2 N–H and O–H groups in total. The number of anilines is 1. The van der Waals surface area contributed by atoms with Crippen molar-refractivity contribution in [3.63, 3.8) is 0 Å². The maximum Gasteiger partial charge on any atom is 0.259 e. The van der Waals surface area contributed by atoms with Crippen molar-refractivity contribution in [1.82, 2.24) is 4.72 Å². The van der Waals surface area contributed by atoms with Crippen LogP contribution in [-0.4, -0.2) is 35.1 Å². The number of hydrogen-bond acceptors (Lipinski definition) is 5. The van der Waals surface area contributed by atoms with E-state index in [1.807, 2.05) is 0 Å². The zero-order valence-electron chi connectivity index (χ0n) is 14.2. The summed E-state index contributed by atoms with van der Waals surface area (Å²) in [6.45, 7) is 1.93. The first kappa shape index (κ1) is 18.8. The molecule has 0 aromatic heterocycles. The number of nitrogens with one attached hydrogen (secondary N) is 2. The zero-order chi connectivity index (χ0) is 18.4. The number of benzene rings is 2. The van der Waals surface area contributed by atoms with Crippen LogP contribution < -0.4 is 19.5 Å². The third kappa shape index (κ3) is 4.49. The molecule has 2 aromatic carbocycles. The largest absolute Gasteiger partial charge is 0.497 e. The molecule has 1 amide bonds. The highest BCUT2D eigenvalue weighted by atomic mass is 32.2. The molecule has 0 aliphatic rings. The topological polar surface area (TPSA) is 93.7 Å². The molecule has 8 heteroatoms. The Bertz CT molecular complexity index is 848. The van der Waals surface area contributed by atoms with Gasteiger partial charge in [-0.1, -0.05) is 6.92 Å². The normalized spacial score (nSPS) is 11.0. The Morgan fingerprint density at radius 3 is 2.28 bits per heavy atom. The fourth-order valence-electron chi connectivity index (χ4n) is 2.18. The lowest BCUT2D eigenvalue weighted by atomic mass is 10.2. The number of hydrogen-bond donors (Lipinski definition) is 2. The lowest BCUT2D eigenvalue weighted by Crippen LogP contribution is -2.23. The van der Waals surface area contributed by atoms with Crippen LogP contribution >= 0.6 is 0 Å². The van der Waals surface area contributed by atoms with E-state index in [4.69, 9.17) is 9.47 Å². The van der Waals surface area contributed by atoms with Gasteiger partial charge in [-0.2, -0.15) is 0 Å². The van der Waals surface area contributed by atoms with Crippen molar-refractivity contribution in [3.05, 3.63) is 48.0 Å². The highest BCUT2D eigenvalue weighted by molar-refractivity contribution is 7.89. The van der Waals surface area contributed by atoms with Crippen molar-refractivity contribution < 1.29 is 22.7 Å². The summed E-state index contributed by atoms with van der Waals surface area (Å²) < 4.78 is 36.9. The van der Waals surface area contributed by atoms with E-state index in [0.29, 0.717) is 11.4 Å². The average molecular weight is 364 g/mol. The van der Waals surface area contributed by atoms with Crippen LogP contribution in [0.25, 0.3) is 0 Å². The minimum atomic E-state index is -3.68. The number of sulfonamides is 1. The molecule has 134 valence electrons. The second-order valence-corrected chi connectivity index (χ2v) is 6.81. The van der Waals surface area contributed by atoms with Crippen LogP contribution in [0, 0.1) is 0 Å². The summed E-state index contributed by atoms with van der Waals surface area (Å²) >= 11 is 0. The first-order valence-electron chi connectivity index (χ1n) is 7.54. The van der Waals surface area contributed by atoms with E-state index in [0.717, 1.165) is 0 Å². The molecule has 0 saturated carbocycles. The number of ether oxygens (including phenoxy) is 2. The molecule has 0 heterocycles. The van der Waals surface area contributed by atoms with Crippen LogP contribution in [0.15, 0.2) is 47.4 Å². The van der Waals surface area contributed by atoms with E-state index in [-0.39, 0.29) is 22.8 Å². The fraction of sp³-hybridized carbons (Fsp3) is 0.235. The quantitative estimate of drug-likeness (QED) is 0.786. The van der Waals surface area contributed by atoms with Crippen molar-refractivity contribution in [3.8, 4) is 11.5 Å². The van der Waals surface area contributed by atoms with Crippen LogP contribution in [0.3, 0.4) is 0 Å². The molecular weight excluding hydrogens is 344 g/mol. The second kappa shape index (κ2) is 8.00. The van der Waals surface area contributed by atoms with Crippen molar-refractivity contribution in [2.24, 2.45) is 0 Å². The molecule has 2 aromatic rings. The lowest BCUT2D eigenvalue weighted by molar-refractivity contribution is 0.102. The van der Waals surface area contributed by atoms with Gasteiger partial charge in [0.2, 0.25) is 10.0 Å². The third-order valence-electron chi connectivity index (χ3n) is 3.41. The van der Waals surface area contributed by atoms with Gasteiger partial charge in [0, 0.05) is 12.2 Å². The van der Waals surface area contributed by atoms with Gasteiger partial charge < -0.3 is 14.8 Å². The molecule has 0 aliphatic carbocycles. The van der Waals surface area contributed by atoms with Crippen molar-refractivity contribution in [2.45, 2.75) is 11.8 Å². The molecule has 0 saturated heterocycles. The van der Waals surface area contributed by atoms with Crippen LogP contribution in [0.4, 0.5) is 5.69 Å². The minimum absolute atomic E-state index is 0.00460. The highest BCUT2D eigenvalue weighted by Crippen LogP contribution is 2.24. The van der Waals surface area contributed by atoms with Gasteiger partial charge in [0.1, 0.15) is 11.5 Å². The Morgan fingerprint density at radius 2 is 1.72 bits per heavy atom. The van der Waals surface area contributed by atoms with E-state index in [2.05, 4.69) is 10.0 Å². The standard InChI is InChI=1S/C17H20N2O5S/c1-4-18-25(21,22)14-9-10-16(24-3)15(11-14)17(20)19-12-5-7-13(23-2)8-6-12/h5-11,18H,4H2,1-3H3,(H,19,20). The Morgan fingerprint density at radius 1 is 1.04 bits per heavy atom. The first-order valence-corrected chi connectivity index (χ1v) is 9.02. The number of methoxy groups -OCH3 is 2. The molecule has 0 spiro atoms. The van der Waals surface area contributed by atoms with E-state index in [1.165, 1.54) is 25.3 Å². The lowest BCUT2D eigenvalue weighted by Gasteiger charge is -2.12. The summed E-state index contributed by atoms with van der Waals surface area (Å²) in [4.78, 5) is 12.5. The highest BCUT2D eigenvalue weighted by Gasteiger charge is 2.19. The Kier molecular flexibility index (Phi) is 6.00. The third-order valence-corrected chi connectivity index (χ3v) is 4.95. The molecule has 0 aliphatic heterocycles. The summed E-state index contributed by atoms with van der Waals surface area (Å²) in [5.41, 5.74) is 0.671. The van der Waals surface area contributed by atoms with Gasteiger partial charge in [0.15, 0.2) is 0 Å². The van der Waals surface area contributed by atoms with Crippen molar-refractivity contribution >= 4 is 21.6 Å². The van der Waals surface area contributed by atoms with Gasteiger partial charge >= 0.3 is 0 Å². The molecule has 2 rings (SSSR count). The van der Waals surface area contributed by atoms with Gasteiger partial charge in [-0.15, -0.1) is 0 Å². The maximum atomic E-state index is 12.5. The van der Waals surface area contributed by atoms with E-state index in [1.54, 1.807) is 38.3 Å². The van der Waals surface area contributed by atoms with Crippen molar-refractivity contribution in [1.29, 1.82) is 0 Å². The molecule has 0 radical (unpaired) electrons. The number of carbonyl (C=O) groups is 1. The SMILES string of the molecule is CCNS(=O)(=O)c1ccc(OC)c(C(=O)Nc2ccc(OC)cc2)c1. The smallest absolute Gasteiger partial charge is 0.259 e. The van der Waals surface area contributed by atoms with Crippen LogP contribution in [0.5, 0.6) is 11.5 Å². The van der Waals surface area contributed by atoms with E-state index in [9.17, 15) is 13.2 Å². The average Bonchev–Trinajstić information content (AvgIpc) is 2.61. The number of rotatable bonds is 7. The van der Waals surface area contributed by atoms with E-state index >= 15 is 0 Å². The molecule has 0 unspecified atom stereocenters. The van der Waals surface area contributed by atoms with Crippen LogP contribution in [0.2, 0.25) is 0 Å². The zero-order valence-corrected chi connectivity index (χ0v) is 15.0.